The SMILES string of the molecule is C\C=C(I)/N=C\C(C)=C/N. The molecule has 0 aliphatic heterocycles. The van der Waals surface area contributed by atoms with E-state index >= 15 is 0 Å². The van der Waals surface area contributed by atoms with Crippen LogP contribution in [0.15, 0.2) is 26.5 Å². The number of hydrogen-bond acceptors (Lipinski definition) is 2. The molecule has 3 heteroatoms. The molecule has 0 saturated carbocycles. The molecule has 2 N–H and O–H groups in total. The molecule has 56 valence electrons. The zero-order chi connectivity index (χ0) is 7.98. The van der Waals surface area contributed by atoms with Crippen LogP contribution in [0.2, 0.25) is 0 Å². The number of rotatable bonds is 2. The quantitative estimate of drug-likeness (QED) is 0.455. The molecule has 0 fully saturated rings. The van der Waals surface area contributed by atoms with Crippen molar-refractivity contribution in [2.75, 3.05) is 0 Å². The zero-order valence-electron chi connectivity index (χ0n) is 6.13. The molecule has 0 saturated heterocycles. The lowest BCUT2D eigenvalue weighted by molar-refractivity contribution is 1.45. The van der Waals surface area contributed by atoms with Gasteiger partial charge in [0.15, 0.2) is 0 Å². The highest BCUT2D eigenvalue weighted by atomic mass is 127. The maximum atomic E-state index is 5.22. The molecule has 10 heavy (non-hydrogen) atoms. The van der Waals surface area contributed by atoms with Gasteiger partial charge in [0.25, 0.3) is 0 Å². The van der Waals surface area contributed by atoms with E-state index in [4.69, 9.17) is 5.73 Å². The molecule has 0 heterocycles. The summed E-state index contributed by atoms with van der Waals surface area (Å²) in [5.41, 5.74) is 6.19. The standard InChI is InChI=1S/C7H11IN2/c1-3-7(8)10-5-6(2)4-9/h3-5H,9H2,1-2H3/b6-4-,7-3-,10-5-. The second kappa shape index (κ2) is 5.46. The third-order valence-corrected chi connectivity index (χ3v) is 1.79. The molecule has 0 atom stereocenters. The van der Waals surface area contributed by atoms with Gasteiger partial charge >= 0.3 is 0 Å². The Morgan fingerprint density at radius 2 is 2.20 bits per heavy atom. The van der Waals surface area contributed by atoms with Crippen LogP contribution >= 0.6 is 22.6 Å². The average Bonchev–Trinajstić information content (AvgIpc) is 1.99. The third-order valence-electron chi connectivity index (χ3n) is 0.893. The largest absolute Gasteiger partial charge is 0.404 e. The molecule has 0 aromatic rings. The van der Waals surface area contributed by atoms with E-state index in [1.165, 1.54) is 6.20 Å². The van der Waals surface area contributed by atoms with Crippen LogP contribution in [0.3, 0.4) is 0 Å². The molecule has 0 bridgehead atoms. The van der Waals surface area contributed by atoms with Gasteiger partial charge in [-0.2, -0.15) is 0 Å². The smallest absolute Gasteiger partial charge is 0.0966 e. The molecular weight excluding hydrogens is 239 g/mol. The first kappa shape index (κ1) is 9.68. The minimum absolute atomic E-state index is 0.969. The Balaban J connectivity index is 4.01. The van der Waals surface area contributed by atoms with Crippen molar-refractivity contribution < 1.29 is 0 Å². The van der Waals surface area contributed by atoms with E-state index in [2.05, 4.69) is 27.6 Å². The Morgan fingerprint density at radius 1 is 1.60 bits per heavy atom. The van der Waals surface area contributed by atoms with Gasteiger partial charge in [-0.1, -0.05) is 6.08 Å². The summed E-state index contributed by atoms with van der Waals surface area (Å²) in [6.07, 6.45) is 5.20. The van der Waals surface area contributed by atoms with E-state index in [1.807, 2.05) is 19.9 Å². The molecule has 0 amide bonds. The summed E-state index contributed by atoms with van der Waals surface area (Å²) in [6, 6.07) is 0. The van der Waals surface area contributed by atoms with Crippen LogP contribution in [0.5, 0.6) is 0 Å². The molecule has 0 aromatic carbocycles. The van der Waals surface area contributed by atoms with Crippen molar-refractivity contribution in [2.24, 2.45) is 10.7 Å². The minimum atomic E-state index is 0.969. The Kier molecular flexibility index (Phi) is 5.29. The predicted octanol–water partition coefficient (Wildman–Crippen LogP) is 2.22. The van der Waals surface area contributed by atoms with Crippen molar-refractivity contribution in [1.29, 1.82) is 0 Å². The Hall–Kier alpha value is -0.320. The fraction of sp³-hybridized carbons (Fsp3) is 0.286. The van der Waals surface area contributed by atoms with Gasteiger partial charge in [0.05, 0.1) is 3.70 Å². The van der Waals surface area contributed by atoms with E-state index in [-0.39, 0.29) is 0 Å². The number of halogens is 1. The van der Waals surface area contributed by atoms with Crippen LogP contribution in [0.25, 0.3) is 0 Å². The number of hydrogen-bond donors (Lipinski definition) is 1. The molecular formula is C7H11IN2. The molecule has 0 aromatic heterocycles. The summed E-state index contributed by atoms with van der Waals surface area (Å²) < 4.78 is 0.971. The summed E-state index contributed by atoms with van der Waals surface area (Å²) in [5, 5.41) is 0. The van der Waals surface area contributed by atoms with Crippen molar-refractivity contribution in [3.63, 3.8) is 0 Å². The Morgan fingerprint density at radius 3 is 2.60 bits per heavy atom. The number of allylic oxidation sites excluding steroid dienone is 2. The summed E-state index contributed by atoms with van der Waals surface area (Å²) >= 11 is 2.15. The van der Waals surface area contributed by atoms with Crippen molar-refractivity contribution in [3.05, 3.63) is 21.6 Å². The van der Waals surface area contributed by atoms with E-state index < -0.39 is 0 Å². The molecule has 0 aliphatic carbocycles. The van der Waals surface area contributed by atoms with Crippen molar-refractivity contribution >= 4 is 28.8 Å². The minimum Gasteiger partial charge on any atom is -0.404 e. The van der Waals surface area contributed by atoms with Gasteiger partial charge in [-0.05, 0) is 48.2 Å². The lowest BCUT2D eigenvalue weighted by atomic mass is 10.4. The molecule has 0 unspecified atom stereocenters. The van der Waals surface area contributed by atoms with Crippen LogP contribution in [0.1, 0.15) is 13.8 Å². The normalized spacial score (nSPS) is 14.7. The number of nitrogens with two attached hydrogens (primary N) is 1. The van der Waals surface area contributed by atoms with E-state index in [9.17, 15) is 0 Å². The second-order valence-electron chi connectivity index (χ2n) is 1.78. The fourth-order valence-electron chi connectivity index (χ4n) is 0.281. The van der Waals surface area contributed by atoms with Crippen LogP contribution in [0, 0.1) is 0 Å². The number of nitrogens with zero attached hydrogens (tertiary/aromatic N) is 1. The molecule has 0 spiro atoms. The first-order valence-electron chi connectivity index (χ1n) is 2.95. The molecule has 2 nitrogen and oxygen atoms in total. The second-order valence-corrected chi connectivity index (χ2v) is 2.89. The lowest BCUT2D eigenvalue weighted by Crippen LogP contribution is -1.84. The summed E-state index contributed by atoms with van der Waals surface area (Å²) in [7, 11) is 0. The fourth-order valence-corrected chi connectivity index (χ4v) is 0.420. The van der Waals surface area contributed by atoms with E-state index in [0.29, 0.717) is 0 Å². The van der Waals surface area contributed by atoms with Crippen LogP contribution in [0.4, 0.5) is 0 Å². The van der Waals surface area contributed by atoms with Gasteiger partial charge in [-0.15, -0.1) is 0 Å². The highest BCUT2D eigenvalue weighted by Crippen LogP contribution is 2.05. The first-order valence-corrected chi connectivity index (χ1v) is 4.03. The van der Waals surface area contributed by atoms with Gasteiger partial charge in [0.2, 0.25) is 0 Å². The molecule has 0 rings (SSSR count). The van der Waals surface area contributed by atoms with Gasteiger partial charge in [-0.25, -0.2) is 0 Å². The monoisotopic (exact) mass is 250 g/mol. The predicted molar refractivity (Wildman–Crippen MR) is 54.2 cm³/mol. The maximum absolute atomic E-state index is 5.22. The van der Waals surface area contributed by atoms with Gasteiger partial charge in [0, 0.05) is 6.21 Å². The zero-order valence-corrected chi connectivity index (χ0v) is 8.29. The Bertz CT molecular complexity index is 160. The van der Waals surface area contributed by atoms with Gasteiger partial charge in [-0.3, -0.25) is 4.99 Å². The highest BCUT2D eigenvalue weighted by Gasteiger charge is 1.81. The lowest BCUT2D eigenvalue weighted by Gasteiger charge is -1.87. The van der Waals surface area contributed by atoms with Gasteiger partial charge in [0.1, 0.15) is 0 Å². The average molecular weight is 250 g/mol. The van der Waals surface area contributed by atoms with Crippen LogP contribution < -0.4 is 5.73 Å². The summed E-state index contributed by atoms with van der Waals surface area (Å²) in [5.74, 6) is 0. The van der Waals surface area contributed by atoms with Crippen molar-refractivity contribution in [2.45, 2.75) is 13.8 Å². The summed E-state index contributed by atoms with van der Waals surface area (Å²) in [6.45, 7) is 3.85. The van der Waals surface area contributed by atoms with Crippen LogP contribution in [-0.2, 0) is 0 Å². The van der Waals surface area contributed by atoms with E-state index in [1.54, 1.807) is 6.21 Å². The van der Waals surface area contributed by atoms with Gasteiger partial charge < -0.3 is 5.73 Å². The maximum Gasteiger partial charge on any atom is 0.0966 e. The molecule has 0 radical (unpaired) electrons. The number of aliphatic imine (C=N–C) groups is 1. The van der Waals surface area contributed by atoms with Crippen molar-refractivity contribution in [1.82, 2.24) is 0 Å². The Labute approximate surface area is 75.0 Å². The third kappa shape index (κ3) is 4.55. The van der Waals surface area contributed by atoms with Crippen LogP contribution in [-0.4, -0.2) is 6.21 Å². The summed E-state index contributed by atoms with van der Waals surface area (Å²) in [4.78, 5) is 4.09. The first-order chi connectivity index (χ1) is 4.70. The molecule has 0 aliphatic rings. The topological polar surface area (TPSA) is 38.4 Å². The van der Waals surface area contributed by atoms with Crippen molar-refractivity contribution in [3.8, 4) is 0 Å². The highest BCUT2D eigenvalue weighted by molar-refractivity contribution is 14.1. The van der Waals surface area contributed by atoms with E-state index in [0.717, 1.165) is 9.28 Å².